The quantitative estimate of drug-likeness (QED) is 0.808. The summed E-state index contributed by atoms with van der Waals surface area (Å²) in [6, 6.07) is 17.0. The Morgan fingerprint density at radius 3 is 2.47 bits per heavy atom. The Kier molecular flexibility index (Phi) is 4.70. The molecule has 0 aromatic heterocycles. The Balaban J connectivity index is 1.80. The van der Waals surface area contributed by atoms with Gasteiger partial charge in [-0.2, -0.15) is 0 Å². The fraction of sp³-hybridized carbons (Fsp3) is 0.188. The lowest BCUT2D eigenvalue weighted by atomic mass is 10.1. The molecule has 0 amide bonds. The number of rotatable bonds is 6. The van der Waals surface area contributed by atoms with E-state index in [0.29, 0.717) is 18.8 Å². The van der Waals surface area contributed by atoms with Crippen molar-refractivity contribution in [1.29, 1.82) is 0 Å². The van der Waals surface area contributed by atoms with Crippen LogP contribution in [0.5, 0.6) is 0 Å². The van der Waals surface area contributed by atoms with Crippen LogP contribution in [0.2, 0.25) is 0 Å². The number of aromatic carboxylic acids is 1. The van der Waals surface area contributed by atoms with Crippen molar-refractivity contribution in [1.82, 2.24) is 0 Å². The number of carbonyl (C=O) groups is 1. The average molecular weight is 256 g/mol. The first-order valence-electron chi connectivity index (χ1n) is 6.19. The molecule has 3 heteroatoms. The third kappa shape index (κ3) is 4.23. The van der Waals surface area contributed by atoms with Crippen LogP contribution in [0.15, 0.2) is 54.6 Å². The normalized spacial score (nSPS) is 10.3. The van der Waals surface area contributed by atoms with Crippen LogP contribution in [0.1, 0.15) is 21.5 Å². The van der Waals surface area contributed by atoms with Crippen molar-refractivity contribution < 1.29 is 14.6 Å². The molecule has 0 aliphatic heterocycles. The predicted molar refractivity (Wildman–Crippen MR) is 73.2 cm³/mol. The molecular weight excluding hydrogens is 240 g/mol. The van der Waals surface area contributed by atoms with Gasteiger partial charge in [-0.05, 0) is 29.7 Å². The summed E-state index contributed by atoms with van der Waals surface area (Å²) >= 11 is 0. The van der Waals surface area contributed by atoms with Crippen molar-refractivity contribution in [2.24, 2.45) is 0 Å². The van der Waals surface area contributed by atoms with Crippen molar-refractivity contribution in [3.63, 3.8) is 0 Å². The number of carboxylic acids is 1. The lowest BCUT2D eigenvalue weighted by Gasteiger charge is -2.05. The van der Waals surface area contributed by atoms with Crippen molar-refractivity contribution in [3.8, 4) is 0 Å². The maximum absolute atomic E-state index is 10.8. The molecule has 2 aromatic rings. The van der Waals surface area contributed by atoms with Crippen LogP contribution in [0.4, 0.5) is 0 Å². The number of ether oxygens (including phenoxy) is 1. The largest absolute Gasteiger partial charge is 0.478 e. The number of carboxylic acid groups (broad SMARTS) is 1. The third-order valence-corrected chi connectivity index (χ3v) is 2.82. The minimum Gasteiger partial charge on any atom is -0.478 e. The minimum absolute atomic E-state index is 0.296. The molecule has 19 heavy (non-hydrogen) atoms. The molecule has 0 saturated carbocycles. The molecule has 2 rings (SSSR count). The van der Waals surface area contributed by atoms with Gasteiger partial charge in [0.25, 0.3) is 0 Å². The van der Waals surface area contributed by atoms with E-state index < -0.39 is 5.97 Å². The number of benzene rings is 2. The highest BCUT2D eigenvalue weighted by molar-refractivity contribution is 5.87. The Hall–Kier alpha value is -2.13. The van der Waals surface area contributed by atoms with Gasteiger partial charge in [-0.1, -0.05) is 42.5 Å². The molecule has 0 radical (unpaired) electrons. The van der Waals surface area contributed by atoms with Crippen LogP contribution in [-0.4, -0.2) is 17.7 Å². The topological polar surface area (TPSA) is 46.5 Å². The molecule has 0 spiro atoms. The monoisotopic (exact) mass is 256 g/mol. The van der Waals surface area contributed by atoms with E-state index in [-0.39, 0.29) is 0 Å². The summed E-state index contributed by atoms with van der Waals surface area (Å²) < 4.78 is 5.57. The summed E-state index contributed by atoms with van der Waals surface area (Å²) in [5, 5.41) is 8.89. The van der Waals surface area contributed by atoms with Gasteiger partial charge in [-0.3, -0.25) is 0 Å². The Morgan fingerprint density at radius 2 is 1.74 bits per heavy atom. The second kappa shape index (κ2) is 6.71. The molecule has 0 atom stereocenters. The van der Waals surface area contributed by atoms with Gasteiger partial charge in [0.05, 0.1) is 18.8 Å². The van der Waals surface area contributed by atoms with Crippen LogP contribution < -0.4 is 0 Å². The molecule has 1 N–H and O–H groups in total. The summed E-state index contributed by atoms with van der Waals surface area (Å²) in [4.78, 5) is 10.8. The maximum Gasteiger partial charge on any atom is 0.335 e. The Bertz CT molecular complexity index is 535. The highest BCUT2D eigenvalue weighted by Gasteiger charge is 2.03. The number of hydrogen-bond acceptors (Lipinski definition) is 2. The standard InChI is InChI=1S/C16H16O3/c17-16(18)15-8-4-7-14(11-15)12-19-10-9-13-5-2-1-3-6-13/h1-8,11H,9-10,12H2,(H,17,18). The van der Waals surface area contributed by atoms with Crippen molar-refractivity contribution >= 4 is 5.97 Å². The van der Waals surface area contributed by atoms with E-state index in [1.165, 1.54) is 5.56 Å². The smallest absolute Gasteiger partial charge is 0.335 e. The van der Waals surface area contributed by atoms with E-state index in [1.54, 1.807) is 18.2 Å². The fourth-order valence-corrected chi connectivity index (χ4v) is 1.82. The highest BCUT2D eigenvalue weighted by atomic mass is 16.5. The Labute approximate surface area is 112 Å². The zero-order valence-corrected chi connectivity index (χ0v) is 10.6. The van der Waals surface area contributed by atoms with E-state index in [9.17, 15) is 4.79 Å². The number of hydrogen-bond donors (Lipinski definition) is 1. The lowest BCUT2D eigenvalue weighted by molar-refractivity contribution is 0.0696. The SMILES string of the molecule is O=C(O)c1cccc(COCCc2ccccc2)c1. The Morgan fingerprint density at radius 1 is 1.00 bits per heavy atom. The van der Waals surface area contributed by atoms with E-state index in [2.05, 4.69) is 12.1 Å². The van der Waals surface area contributed by atoms with Gasteiger partial charge >= 0.3 is 5.97 Å². The summed E-state index contributed by atoms with van der Waals surface area (Å²) in [6.07, 6.45) is 0.861. The summed E-state index contributed by atoms with van der Waals surface area (Å²) in [7, 11) is 0. The van der Waals surface area contributed by atoms with Gasteiger partial charge in [0.15, 0.2) is 0 Å². The van der Waals surface area contributed by atoms with Gasteiger partial charge < -0.3 is 9.84 Å². The molecule has 0 saturated heterocycles. The zero-order chi connectivity index (χ0) is 13.5. The molecule has 2 aromatic carbocycles. The first-order chi connectivity index (χ1) is 9.25. The molecule has 0 aliphatic rings. The van der Waals surface area contributed by atoms with E-state index >= 15 is 0 Å². The van der Waals surface area contributed by atoms with Crippen LogP contribution in [0.25, 0.3) is 0 Å². The predicted octanol–water partition coefficient (Wildman–Crippen LogP) is 3.14. The molecule has 0 unspecified atom stereocenters. The van der Waals surface area contributed by atoms with Crippen LogP contribution in [-0.2, 0) is 17.8 Å². The molecule has 0 fully saturated rings. The average Bonchev–Trinajstić information content (AvgIpc) is 2.45. The van der Waals surface area contributed by atoms with E-state index in [4.69, 9.17) is 9.84 Å². The molecule has 0 aliphatic carbocycles. The van der Waals surface area contributed by atoms with Crippen molar-refractivity contribution in [2.75, 3.05) is 6.61 Å². The molecule has 0 heterocycles. The molecular formula is C16H16O3. The highest BCUT2D eigenvalue weighted by Crippen LogP contribution is 2.07. The maximum atomic E-state index is 10.8. The fourth-order valence-electron chi connectivity index (χ4n) is 1.82. The first-order valence-corrected chi connectivity index (χ1v) is 6.19. The second-order valence-electron chi connectivity index (χ2n) is 4.29. The lowest BCUT2D eigenvalue weighted by Crippen LogP contribution is -2.01. The molecule has 0 bridgehead atoms. The van der Waals surface area contributed by atoms with Gasteiger partial charge in [-0.15, -0.1) is 0 Å². The molecule has 98 valence electrons. The van der Waals surface area contributed by atoms with Gasteiger partial charge in [0, 0.05) is 0 Å². The van der Waals surface area contributed by atoms with Crippen LogP contribution >= 0.6 is 0 Å². The summed E-state index contributed by atoms with van der Waals surface area (Å²) in [5.74, 6) is -0.911. The second-order valence-corrected chi connectivity index (χ2v) is 4.29. The van der Waals surface area contributed by atoms with Crippen molar-refractivity contribution in [2.45, 2.75) is 13.0 Å². The first kappa shape index (κ1) is 13.3. The zero-order valence-electron chi connectivity index (χ0n) is 10.6. The van der Waals surface area contributed by atoms with Crippen LogP contribution in [0.3, 0.4) is 0 Å². The van der Waals surface area contributed by atoms with Gasteiger partial charge in [0.1, 0.15) is 0 Å². The third-order valence-electron chi connectivity index (χ3n) is 2.82. The van der Waals surface area contributed by atoms with E-state index in [1.807, 2.05) is 24.3 Å². The summed E-state index contributed by atoms with van der Waals surface area (Å²) in [5.41, 5.74) is 2.42. The van der Waals surface area contributed by atoms with Gasteiger partial charge in [-0.25, -0.2) is 4.79 Å². The summed E-state index contributed by atoms with van der Waals surface area (Å²) in [6.45, 7) is 1.06. The van der Waals surface area contributed by atoms with Crippen LogP contribution in [0, 0.1) is 0 Å². The molecule has 3 nitrogen and oxygen atoms in total. The van der Waals surface area contributed by atoms with E-state index in [0.717, 1.165) is 12.0 Å². The van der Waals surface area contributed by atoms with Gasteiger partial charge in [0.2, 0.25) is 0 Å². The van der Waals surface area contributed by atoms with Crippen molar-refractivity contribution in [3.05, 3.63) is 71.3 Å². The minimum atomic E-state index is -0.911.